The van der Waals surface area contributed by atoms with E-state index in [0.717, 1.165) is 13.1 Å². The van der Waals surface area contributed by atoms with Crippen LogP contribution in [0.25, 0.3) is 0 Å². The molecule has 0 unspecified atom stereocenters. The Balaban J connectivity index is 0.000000239. The molecule has 6 N–H and O–H groups in total. The summed E-state index contributed by atoms with van der Waals surface area (Å²) in [6.07, 6.45) is 15.4. The average Bonchev–Trinajstić information content (AvgIpc) is 1.89. The standard InChI is InChI=1S/3C18H22NP.C15H15NS2.C3H7NS2.3Au.ClH/c3*19-17-13-7-8-14-18(17)20(15-9-3-1-4-10-15)16-11-5-2-6-12-16;17-15(18)16(11-13-7-3-1-4-8-13)12-14-9-5-2-6-10-14;1-4(2)3(5)6;;;;/h3*1-6,9-12,17-18H,7-8,13-14,19H2;1-10H,11-12H2,(H,17,18);1-2H3,(H,5,6);;;;1H/q;;;;;3*+1;/t3*17-,18-;;;;;;/m111....../s1. The van der Waals surface area contributed by atoms with Gasteiger partial charge in [-0.2, -0.15) is 0 Å². The van der Waals surface area contributed by atoms with Gasteiger partial charge in [0.25, 0.3) is 0 Å². The summed E-state index contributed by atoms with van der Waals surface area (Å²) in [5.74, 6) is 0. The zero-order chi connectivity index (χ0) is 61.3. The van der Waals surface area contributed by atoms with Gasteiger partial charge in [0.1, 0.15) is 0 Å². The molecule has 16 heteroatoms. The molecule has 478 valence electrons. The Bertz CT molecular complexity index is 2680. The summed E-state index contributed by atoms with van der Waals surface area (Å²) in [7, 11) is 5.92. The van der Waals surface area contributed by atoms with Gasteiger partial charge in [0.2, 0.25) is 0 Å². The number of rotatable bonds is 13. The molecule has 5 nitrogen and oxygen atoms in total. The molecule has 3 aliphatic carbocycles. The van der Waals surface area contributed by atoms with Crippen LogP contribution in [0.4, 0.5) is 0 Å². The second kappa shape index (κ2) is 45.1. The van der Waals surface area contributed by atoms with Gasteiger partial charge in [-0.1, -0.05) is 198 Å². The number of halogens is 1. The number of hydrogen-bond acceptors (Lipinski definition) is 7. The van der Waals surface area contributed by atoms with E-state index in [1.807, 2.05) is 55.4 Å². The van der Waals surface area contributed by atoms with Gasteiger partial charge in [-0.15, -0.1) is 0 Å². The fourth-order valence-corrected chi connectivity index (χ4v) is 22.2. The zero-order valence-electron chi connectivity index (χ0n) is 50.5. The summed E-state index contributed by atoms with van der Waals surface area (Å²) < 4.78 is 1.03. The fourth-order valence-electron chi connectivity index (χ4n) is 11.8. The van der Waals surface area contributed by atoms with Gasteiger partial charge >= 0.3 is 73.9 Å². The van der Waals surface area contributed by atoms with Crippen LogP contribution < -0.4 is 49.0 Å². The second-order valence-corrected chi connectivity index (χ2v) is 32.6. The Hall–Kier alpha value is -2.34. The maximum absolute atomic E-state index is 6.48. The van der Waals surface area contributed by atoms with Gasteiger partial charge in [-0.25, -0.2) is 0 Å². The summed E-state index contributed by atoms with van der Waals surface area (Å²) in [4.78, 5) is 3.75. The van der Waals surface area contributed by atoms with Crippen LogP contribution in [0.1, 0.15) is 88.2 Å². The van der Waals surface area contributed by atoms with Crippen molar-refractivity contribution < 1.29 is 64.7 Å². The van der Waals surface area contributed by atoms with Crippen molar-refractivity contribution in [3.8, 4) is 0 Å². The molecule has 0 radical (unpaired) electrons. The minimum absolute atomic E-state index is 0. The molecule has 0 aromatic heterocycles. The van der Waals surface area contributed by atoms with Crippen molar-refractivity contribution in [3.05, 3.63) is 254 Å². The van der Waals surface area contributed by atoms with E-state index in [-0.39, 0.29) is 44.8 Å². The Kier molecular flexibility index (Phi) is 40.0. The van der Waals surface area contributed by atoms with E-state index in [9.17, 15) is 0 Å². The van der Waals surface area contributed by atoms with E-state index in [2.05, 4.69) is 240 Å². The molecule has 8 aromatic rings. The first-order valence-electron chi connectivity index (χ1n) is 30.2. The molecule has 3 aliphatic rings. The van der Waals surface area contributed by atoms with E-state index in [4.69, 9.17) is 42.0 Å². The normalized spacial score (nSPS) is 18.3. The molecular formula is C72H89Au3ClN5P3S4+3. The molecule has 3 fully saturated rings. The third kappa shape index (κ3) is 26.6. The molecule has 3 saturated carbocycles. The Labute approximate surface area is 601 Å². The molecule has 0 bridgehead atoms. The first kappa shape index (κ1) is 78.1. The van der Waals surface area contributed by atoms with Gasteiger partial charge in [0.15, 0.2) is 0 Å². The van der Waals surface area contributed by atoms with Crippen LogP contribution in [0.2, 0.25) is 0 Å². The van der Waals surface area contributed by atoms with Crippen molar-refractivity contribution in [3.63, 3.8) is 0 Å². The molecular weight excluding hydrogens is 1780 g/mol. The number of nitrogens with two attached hydrogens (primary N) is 3. The fraction of sp³-hybridized carbons (Fsp3) is 0.306. The van der Waals surface area contributed by atoms with Crippen LogP contribution in [0.3, 0.4) is 0 Å². The first-order chi connectivity index (χ1) is 42.0. The molecule has 0 heterocycles. The van der Waals surface area contributed by atoms with E-state index in [0.29, 0.717) is 43.7 Å². The molecule has 88 heavy (non-hydrogen) atoms. The second-order valence-electron chi connectivity index (χ2n) is 22.4. The summed E-state index contributed by atoms with van der Waals surface area (Å²) in [5.41, 5.74) is 23.9. The zero-order valence-corrected chi connectivity index (χ0v) is 64.0. The van der Waals surface area contributed by atoms with Crippen LogP contribution in [0.5, 0.6) is 0 Å². The number of hydrogen-bond donors (Lipinski definition) is 3. The maximum atomic E-state index is 6.48. The topological polar surface area (TPSA) is 84.5 Å². The monoisotopic (exact) mass is 1870 g/mol. The Morgan fingerprint density at radius 3 is 0.727 bits per heavy atom. The van der Waals surface area contributed by atoms with Crippen LogP contribution in [0.15, 0.2) is 243 Å². The van der Waals surface area contributed by atoms with Crippen molar-refractivity contribution in [2.45, 2.75) is 125 Å². The molecule has 0 amide bonds. The van der Waals surface area contributed by atoms with E-state index >= 15 is 0 Å². The minimum atomic E-state index is -0.774. The van der Waals surface area contributed by atoms with E-state index in [1.165, 1.54) is 120 Å². The Morgan fingerprint density at radius 1 is 0.375 bits per heavy atom. The SMILES string of the molecule is CN(C)C(=S)[S-].N[C@@H]1CCCC[C@H]1[PH+](c1ccccc1)c1ccccc1.N[C@@H]1CCCC[C@H]1[PH+](c1ccccc1)c1ccccc1.N[C@@H]1CCCC[C@H]1[PH+](c1ccccc1)c1ccccc1.S=C([S-])N(Cc1ccccc1)Cc1ccccc1.[Au+].[Au+].[Cl][Au]. The summed E-state index contributed by atoms with van der Waals surface area (Å²) in [6.45, 7) is 1.52. The van der Waals surface area contributed by atoms with Crippen molar-refractivity contribution >= 4 is 123 Å². The van der Waals surface area contributed by atoms with Crippen molar-refractivity contribution in [2.24, 2.45) is 17.2 Å². The van der Waals surface area contributed by atoms with Gasteiger partial charge < -0.3 is 76.7 Å². The van der Waals surface area contributed by atoms with Gasteiger partial charge in [0, 0.05) is 45.3 Å². The van der Waals surface area contributed by atoms with Gasteiger partial charge in [-0.3, -0.25) is 0 Å². The molecule has 8 aromatic carbocycles. The number of nitrogens with zero attached hydrogens (tertiary/aromatic N) is 2. The molecule has 0 aliphatic heterocycles. The number of benzene rings is 8. The number of thiocarbonyl (C=S) groups is 2. The quantitative estimate of drug-likeness (QED) is 0.0452. The van der Waals surface area contributed by atoms with E-state index in [1.54, 1.807) is 24.9 Å². The third-order valence-electron chi connectivity index (χ3n) is 16.1. The molecule has 6 atom stereocenters. The summed E-state index contributed by atoms with van der Waals surface area (Å²) >= 11 is 21.2. The van der Waals surface area contributed by atoms with Crippen molar-refractivity contribution in [1.29, 1.82) is 0 Å². The summed E-state index contributed by atoms with van der Waals surface area (Å²) in [5, 5.41) is 9.03. The average molecular weight is 1870 g/mol. The van der Waals surface area contributed by atoms with E-state index < -0.39 is 23.8 Å². The van der Waals surface area contributed by atoms with Crippen LogP contribution >= 0.6 is 57.4 Å². The first-order valence-corrected chi connectivity index (χ1v) is 39.3. The predicted octanol–water partition coefficient (Wildman–Crippen LogP) is 13.9. The van der Waals surface area contributed by atoms with Gasteiger partial charge in [0.05, 0.1) is 72.6 Å². The van der Waals surface area contributed by atoms with Crippen LogP contribution in [-0.2, 0) is 103 Å². The predicted molar refractivity (Wildman–Crippen MR) is 394 cm³/mol. The molecule has 11 rings (SSSR count). The third-order valence-corrected chi connectivity index (χ3v) is 27.5. The van der Waals surface area contributed by atoms with Crippen molar-refractivity contribution in [1.82, 2.24) is 9.80 Å². The van der Waals surface area contributed by atoms with Gasteiger partial charge in [-0.05, 0) is 142 Å². The molecule has 0 saturated heterocycles. The van der Waals surface area contributed by atoms with Crippen LogP contribution in [-0.4, -0.2) is 67.6 Å². The van der Waals surface area contributed by atoms with Crippen LogP contribution in [0, 0.1) is 0 Å². The summed E-state index contributed by atoms with van der Waals surface area (Å²) in [6, 6.07) is 87.8. The van der Waals surface area contributed by atoms with Crippen molar-refractivity contribution in [2.75, 3.05) is 14.1 Å². The Morgan fingerprint density at radius 2 is 0.557 bits per heavy atom. The molecule has 0 spiro atoms.